The summed E-state index contributed by atoms with van der Waals surface area (Å²) in [5.41, 5.74) is 6.94. The molecule has 0 heterocycles. The predicted octanol–water partition coefficient (Wildman–Crippen LogP) is 3.20. The van der Waals surface area contributed by atoms with Crippen LogP contribution in [0.3, 0.4) is 0 Å². The quantitative estimate of drug-likeness (QED) is 0.528. The van der Waals surface area contributed by atoms with Crippen LogP contribution in [0.2, 0.25) is 0 Å². The number of rotatable bonds is 4. The Kier molecular flexibility index (Phi) is 3.84. The molecule has 0 amide bonds. The van der Waals surface area contributed by atoms with Crippen LogP contribution in [0, 0.1) is 22.9 Å². The lowest BCUT2D eigenvalue weighted by molar-refractivity contribution is -0.383. The Labute approximate surface area is 114 Å². The second kappa shape index (κ2) is 5.56. The fourth-order valence-electron chi connectivity index (χ4n) is 1.80. The van der Waals surface area contributed by atoms with Crippen molar-refractivity contribution in [1.29, 1.82) is 0 Å². The number of nitrogens with zero attached hydrogens (tertiary/aromatic N) is 1. The molecule has 104 valence electrons. The molecule has 0 unspecified atom stereocenters. The van der Waals surface area contributed by atoms with E-state index in [9.17, 15) is 14.5 Å². The first-order chi connectivity index (χ1) is 9.47. The van der Waals surface area contributed by atoms with Crippen LogP contribution in [0.25, 0.3) is 0 Å². The number of anilines is 1. The van der Waals surface area contributed by atoms with Gasteiger partial charge in [0.15, 0.2) is 0 Å². The van der Waals surface area contributed by atoms with Gasteiger partial charge in [-0.1, -0.05) is 0 Å². The average molecular weight is 276 g/mol. The maximum Gasteiger partial charge on any atom is 0.292 e. The Morgan fingerprint density at radius 3 is 2.65 bits per heavy atom. The average Bonchev–Trinajstić information content (AvgIpc) is 2.37. The third-order valence-corrected chi connectivity index (χ3v) is 2.82. The molecule has 2 aromatic carbocycles. The molecule has 0 fully saturated rings. The van der Waals surface area contributed by atoms with Crippen LogP contribution in [0.4, 0.5) is 15.8 Å². The topological polar surface area (TPSA) is 78.4 Å². The minimum absolute atomic E-state index is 0.0897. The molecule has 6 heteroatoms. The molecular formula is C14H13FN2O3. The molecule has 0 saturated carbocycles. The lowest BCUT2D eigenvalue weighted by Crippen LogP contribution is -2.00. The first kappa shape index (κ1) is 13.8. The monoisotopic (exact) mass is 276 g/mol. The number of nitro groups is 1. The molecule has 0 bridgehead atoms. The minimum Gasteiger partial charge on any atom is -0.489 e. The van der Waals surface area contributed by atoms with Gasteiger partial charge in [0.25, 0.3) is 5.69 Å². The standard InChI is InChI=1S/C14H13FN2O3/c1-9-6-11(15)3-5-14(9)20-8-10-2-4-13(17(18)19)12(16)7-10/h2-7H,8,16H2,1H3. The molecule has 0 aliphatic rings. The zero-order valence-corrected chi connectivity index (χ0v) is 10.8. The molecule has 0 atom stereocenters. The van der Waals surface area contributed by atoms with Crippen LogP contribution in [0.5, 0.6) is 5.75 Å². The molecule has 20 heavy (non-hydrogen) atoms. The van der Waals surface area contributed by atoms with E-state index < -0.39 is 4.92 Å². The van der Waals surface area contributed by atoms with E-state index in [-0.39, 0.29) is 23.8 Å². The highest BCUT2D eigenvalue weighted by atomic mass is 19.1. The SMILES string of the molecule is Cc1cc(F)ccc1OCc1ccc([N+](=O)[O-])c(N)c1. The van der Waals surface area contributed by atoms with E-state index in [2.05, 4.69) is 0 Å². The van der Waals surface area contributed by atoms with Gasteiger partial charge in [-0.3, -0.25) is 10.1 Å². The Morgan fingerprint density at radius 1 is 1.30 bits per heavy atom. The minimum atomic E-state index is -0.538. The van der Waals surface area contributed by atoms with Crippen LogP contribution >= 0.6 is 0 Å². The largest absolute Gasteiger partial charge is 0.489 e. The summed E-state index contributed by atoms with van der Waals surface area (Å²) in [6.07, 6.45) is 0. The summed E-state index contributed by atoms with van der Waals surface area (Å²) in [7, 11) is 0. The second-order valence-electron chi connectivity index (χ2n) is 4.35. The number of hydrogen-bond donors (Lipinski definition) is 1. The van der Waals surface area contributed by atoms with Crippen molar-refractivity contribution >= 4 is 11.4 Å². The summed E-state index contributed by atoms with van der Waals surface area (Å²) in [4.78, 5) is 10.1. The van der Waals surface area contributed by atoms with Crippen molar-refractivity contribution in [3.8, 4) is 5.75 Å². The van der Waals surface area contributed by atoms with Crippen molar-refractivity contribution in [3.63, 3.8) is 0 Å². The Morgan fingerprint density at radius 2 is 2.05 bits per heavy atom. The van der Waals surface area contributed by atoms with Crippen molar-refractivity contribution in [2.45, 2.75) is 13.5 Å². The zero-order chi connectivity index (χ0) is 14.7. The highest BCUT2D eigenvalue weighted by Crippen LogP contribution is 2.24. The predicted molar refractivity (Wildman–Crippen MR) is 73.0 cm³/mol. The smallest absolute Gasteiger partial charge is 0.292 e. The molecule has 0 aliphatic carbocycles. The van der Waals surface area contributed by atoms with Gasteiger partial charge in [-0.25, -0.2) is 4.39 Å². The highest BCUT2D eigenvalue weighted by Gasteiger charge is 2.11. The summed E-state index contributed by atoms with van der Waals surface area (Å²) in [5.74, 6) is 0.234. The van der Waals surface area contributed by atoms with Crippen molar-refractivity contribution in [1.82, 2.24) is 0 Å². The third-order valence-electron chi connectivity index (χ3n) is 2.82. The number of benzene rings is 2. The molecule has 0 spiro atoms. The zero-order valence-electron chi connectivity index (χ0n) is 10.8. The molecule has 0 aliphatic heterocycles. The fraction of sp³-hybridized carbons (Fsp3) is 0.143. The van der Waals surface area contributed by atoms with E-state index in [0.717, 1.165) is 0 Å². The Hall–Kier alpha value is -2.63. The van der Waals surface area contributed by atoms with Crippen molar-refractivity contribution in [2.24, 2.45) is 0 Å². The third kappa shape index (κ3) is 3.03. The maximum atomic E-state index is 12.9. The van der Waals surface area contributed by atoms with Crippen LogP contribution in [0.15, 0.2) is 36.4 Å². The summed E-state index contributed by atoms with van der Waals surface area (Å²) < 4.78 is 18.5. The van der Waals surface area contributed by atoms with Gasteiger partial charge in [0.2, 0.25) is 0 Å². The van der Waals surface area contributed by atoms with Gasteiger partial charge in [-0.2, -0.15) is 0 Å². The number of ether oxygens (including phenoxy) is 1. The van der Waals surface area contributed by atoms with E-state index >= 15 is 0 Å². The van der Waals surface area contributed by atoms with Gasteiger partial charge >= 0.3 is 0 Å². The van der Waals surface area contributed by atoms with Gasteiger partial charge in [-0.05, 0) is 48.4 Å². The molecule has 0 radical (unpaired) electrons. The fourth-order valence-corrected chi connectivity index (χ4v) is 1.80. The van der Waals surface area contributed by atoms with Crippen molar-refractivity contribution in [3.05, 3.63) is 63.5 Å². The molecule has 2 aromatic rings. The van der Waals surface area contributed by atoms with Gasteiger partial charge in [0, 0.05) is 6.07 Å². The van der Waals surface area contributed by atoms with Gasteiger partial charge in [0.1, 0.15) is 23.9 Å². The summed E-state index contributed by atoms with van der Waals surface area (Å²) in [6.45, 7) is 1.94. The van der Waals surface area contributed by atoms with Crippen molar-refractivity contribution < 1.29 is 14.1 Å². The lowest BCUT2D eigenvalue weighted by atomic mass is 10.2. The number of aryl methyl sites for hydroxylation is 1. The van der Waals surface area contributed by atoms with E-state index in [1.54, 1.807) is 19.1 Å². The van der Waals surface area contributed by atoms with Crippen LogP contribution in [-0.2, 0) is 6.61 Å². The molecule has 0 saturated heterocycles. The van der Waals surface area contributed by atoms with E-state index in [4.69, 9.17) is 10.5 Å². The molecule has 5 nitrogen and oxygen atoms in total. The first-order valence-electron chi connectivity index (χ1n) is 5.89. The molecule has 0 aromatic heterocycles. The molecule has 2 rings (SSSR count). The van der Waals surface area contributed by atoms with Crippen LogP contribution < -0.4 is 10.5 Å². The van der Waals surface area contributed by atoms with E-state index in [0.29, 0.717) is 16.9 Å². The number of nitrogens with two attached hydrogens (primary N) is 1. The van der Waals surface area contributed by atoms with Gasteiger partial charge in [-0.15, -0.1) is 0 Å². The summed E-state index contributed by atoms with van der Waals surface area (Å²) in [6, 6.07) is 8.64. The number of nitro benzene ring substituents is 1. The van der Waals surface area contributed by atoms with Gasteiger partial charge < -0.3 is 10.5 Å². The number of hydrogen-bond acceptors (Lipinski definition) is 4. The highest BCUT2D eigenvalue weighted by molar-refractivity contribution is 5.59. The number of halogens is 1. The van der Waals surface area contributed by atoms with Crippen LogP contribution in [0.1, 0.15) is 11.1 Å². The lowest BCUT2D eigenvalue weighted by Gasteiger charge is -2.09. The normalized spacial score (nSPS) is 10.3. The maximum absolute atomic E-state index is 12.9. The number of nitrogen functional groups attached to an aromatic ring is 1. The molecular weight excluding hydrogens is 263 g/mol. The first-order valence-corrected chi connectivity index (χ1v) is 5.89. The van der Waals surface area contributed by atoms with E-state index in [1.165, 1.54) is 24.3 Å². The Bertz CT molecular complexity index is 659. The Balaban J connectivity index is 2.11. The summed E-state index contributed by atoms with van der Waals surface area (Å²) in [5, 5.41) is 10.6. The van der Waals surface area contributed by atoms with Crippen molar-refractivity contribution in [2.75, 3.05) is 5.73 Å². The second-order valence-corrected chi connectivity index (χ2v) is 4.35. The van der Waals surface area contributed by atoms with Gasteiger partial charge in [0.05, 0.1) is 4.92 Å². The van der Waals surface area contributed by atoms with E-state index in [1.807, 2.05) is 0 Å². The summed E-state index contributed by atoms with van der Waals surface area (Å²) >= 11 is 0. The molecule has 2 N–H and O–H groups in total. The van der Waals surface area contributed by atoms with Crippen LogP contribution in [-0.4, -0.2) is 4.92 Å².